The minimum Gasteiger partial charge on any atom is -0.388 e. The number of rotatable bonds is 3. The molecule has 0 radical (unpaired) electrons. The summed E-state index contributed by atoms with van der Waals surface area (Å²) < 4.78 is 5.28. The highest BCUT2D eigenvalue weighted by Gasteiger charge is 2.33. The van der Waals surface area contributed by atoms with Gasteiger partial charge < -0.3 is 14.7 Å². The summed E-state index contributed by atoms with van der Waals surface area (Å²) in [7, 11) is 2.02. The molecule has 2 fully saturated rings. The zero-order chi connectivity index (χ0) is 12.3. The molecule has 4 heteroatoms. The molecule has 0 aromatic carbocycles. The lowest BCUT2D eigenvalue weighted by atomic mass is 9.90. The van der Waals surface area contributed by atoms with Crippen molar-refractivity contribution in [2.75, 3.05) is 26.8 Å². The van der Waals surface area contributed by atoms with E-state index in [1.165, 1.54) is 0 Å². The second-order valence-corrected chi connectivity index (χ2v) is 5.54. The molecule has 17 heavy (non-hydrogen) atoms. The Morgan fingerprint density at radius 1 is 1.47 bits per heavy atom. The van der Waals surface area contributed by atoms with Gasteiger partial charge in [0.15, 0.2) is 0 Å². The van der Waals surface area contributed by atoms with Crippen LogP contribution in [0.3, 0.4) is 0 Å². The van der Waals surface area contributed by atoms with E-state index in [1.54, 1.807) is 0 Å². The molecule has 0 spiro atoms. The summed E-state index contributed by atoms with van der Waals surface area (Å²) in [4.78, 5) is 13.6. The minimum absolute atomic E-state index is 0.322. The average molecular weight is 241 g/mol. The normalized spacial score (nSPS) is 29.6. The first-order valence-electron chi connectivity index (χ1n) is 6.61. The van der Waals surface area contributed by atoms with E-state index in [1.807, 2.05) is 7.05 Å². The van der Waals surface area contributed by atoms with E-state index < -0.39 is 5.60 Å². The molecule has 98 valence electrons. The minimum atomic E-state index is -0.618. The molecule has 0 aromatic rings. The molecule has 2 aliphatic rings. The Morgan fingerprint density at radius 2 is 2.18 bits per heavy atom. The van der Waals surface area contributed by atoms with Gasteiger partial charge >= 0.3 is 0 Å². The molecule has 1 aliphatic heterocycles. The fourth-order valence-electron chi connectivity index (χ4n) is 2.88. The van der Waals surface area contributed by atoms with E-state index in [0.717, 1.165) is 19.3 Å². The number of ketones is 1. The summed E-state index contributed by atoms with van der Waals surface area (Å²) >= 11 is 0. The largest absolute Gasteiger partial charge is 0.388 e. The van der Waals surface area contributed by atoms with E-state index >= 15 is 0 Å². The number of aliphatic hydroxyl groups is 1. The number of hydrogen-bond acceptors (Lipinski definition) is 4. The number of carbonyl (C=O) groups is 1. The Hall–Kier alpha value is -0.450. The van der Waals surface area contributed by atoms with Gasteiger partial charge in [0.05, 0.1) is 5.60 Å². The van der Waals surface area contributed by atoms with Crippen LogP contribution in [0.25, 0.3) is 0 Å². The van der Waals surface area contributed by atoms with Crippen molar-refractivity contribution in [2.45, 2.75) is 50.2 Å². The molecule has 1 atom stereocenters. The molecule has 1 saturated heterocycles. The molecule has 0 aromatic heterocycles. The lowest BCUT2D eigenvalue weighted by Crippen LogP contribution is -2.49. The van der Waals surface area contributed by atoms with Gasteiger partial charge in [-0.05, 0) is 19.9 Å². The van der Waals surface area contributed by atoms with Crippen molar-refractivity contribution in [3.05, 3.63) is 0 Å². The highest BCUT2D eigenvalue weighted by Crippen LogP contribution is 2.25. The van der Waals surface area contributed by atoms with Gasteiger partial charge in [0.2, 0.25) is 0 Å². The molecule has 0 bridgehead atoms. The number of likely N-dealkylation sites (N-methyl/N-ethyl adjacent to an activating group) is 1. The van der Waals surface area contributed by atoms with E-state index in [-0.39, 0.29) is 0 Å². The summed E-state index contributed by atoms with van der Waals surface area (Å²) in [6, 6.07) is 0.322. The molecule has 1 unspecified atom stereocenters. The van der Waals surface area contributed by atoms with E-state index in [4.69, 9.17) is 4.74 Å². The predicted molar refractivity (Wildman–Crippen MR) is 64.9 cm³/mol. The molecule has 0 amide bonds. The zero-order valence-corrected chi connectivity index (χ0v) is 10.7. The zero-order valence-electron chi connectivity index (χ0n) is 10.7. The Morgan fingerprint density at radius 3 is 2.82 bits per heavy atom. The van der Waals surface area contributed by atoms with Crippen LogP contribution in [0.2, 0.25) is 0 Å². The highest BCUT2D eigenvalue weighted by atomic mass is 16.5. The Bertz CT molecular complexity index is 274. The number of nitrogens with zero attached hydrogens (tertiary/aromatic N) is 1. The fourth-order valence-corrected chi connectivity index (χ4v) is 2.88. The third kappa shape index (κ3) is 3.50. The van der Waals surface area contributed by atoms with Gasteiger partial charge in [-0.25, -0.2) is 0 Å². The van der Waals surface area contributed by atoms with Gasteiger partial charge in [-0.15, -0.1) is 0 Å². The SMILES string of the molecule is CN(CC1(O)CCOCC1)C1CCCC(=O)C1. The van der Waals surface area contributed by atoms with Crippen molar-refractivity contribution < 1.29 is 14.6 Å². The van der Waals surface area contributed by atoms with Crippen LogP contribution in [0.1, 0.15) is 38.5 Å². The van der Waals surface area contributed by atoms with Crippen LogP contribution < -0.4 is 0 Å². The molecule has 4 nitrogen and oxygen atoms in total. The highest BCUT2D eigenvalue weighted by molar-refractivity contribution is 5.79. The Kier molecular flexibility index (Phi) is 4.17. The number of carbonyl (C=O) groups excluding carboxylic acids is 1. The first-order valence-corrected chi connectivity index (χ1v) is 6.61. The van der Waals surface area contributed by atoms with Gasteiger partial charge in [0, 0.05) is 51.5 Å². The lowest BCUT2D eigenvalue weighted by molar-refractivity contribution is -0.123. The molecule has 1 heterocycles. The van der Waals surface area contributed by atoms with Crippen molar-refractivity contribution >= 4 is 5.78 Å². The topological polar surface area (TPSA) is 49.8 Å². The number of ether oxygens (including phenoxy) is 1. The van der Waals surface area contributed by atoms with Crippen LogP contribution in [0.5, 0.6) is 0 Å². The van der Waals surface area contributed by atoms with Crippen LogP contribution in [-0.2, 0) is 9.53 Å². The van der Waals surface area contributed by atoms with Gasteiger partial charge in [-0.3, -0.25) is 4.79 Å². The third-order valence-corrected chi connectivity index (χ3v) is 4.05. The second kappa shape index (κ2) is 5.46. The summed E-state index contributed by atoms with van der Waals surface area (Å²) in [6.07, 6.45) is 4.88. The lowest BCUT2D eigenvalue weighted by Gasteiger charge is -2.39. The number of Topliss-reactive ketones (excluding diaryl/α,β-unsaturated/α-hetero) is 1. The average Bonchev–Trinajstić information content (AvgIpc) is 2.29. The fraction of sp³-hybridized carbons (Fsp3) is 0.923. The molecular weight excluding hydrogens is 218 g/mol. The molecule has 1 saturated carbocycles. The molecule has 1 N–H and O–H groups in total. The second-order valence-electron chi connectivity index (χ2n) is 5.54. The molecular formula is C13H23NO3. The van der Waals surface area contributed by atoms with E-state index in [2.05, 4.69) is 4.90 Å². The van der Waals surface area contributed by atoms with Crippen LogP contribution >= 0.6 is 0 Å². The first-order chi connectivity index (χ1) is 8.09. The Balaban J connectivity index is 1.86. The predicted octanol–water partition coefficient (Wildman–Crippen LogP) is 0.971. The van der Waals surface area contributed by atoms with Crippen molar-refractivity contribution in [1.29, 1.82) is 0 Å². The standard InChI is InChI=1S/C13H23NO3/c1-14(11-3-2-4-12(15)9-11)10-13(16)5-7-17-8-6-13/h11,16H,2-10H2,1H3. The van der Waals surface area contributed by atoms with Crippen molar-refractivity contribution in [3.63, 3.8) is 0 Å². The smallest absolute Gasteiger partial charge is 0.134 e. The van der Waals surface area contributed by atoms with Crippen LogP contribution in [0.15, 0.2) is 0 Å². The van der Waals surface area contributed by atoms with Gasteiger partial charge in [-0.2, -0.15) is 0 Å². The maximum Gasteiger partial charge on any atom is 0.134 e. The summed E-state index contributed by atoms with van der Waals surface area (Å²) in [5.41, 5.74) is -0.618. The quantitative estimate of drug-likeness (QED) is 0.800. The maximum atomic E-state index is 11.4. The van der Waals surface area contributed by atoms with Gasteiger partial charge in [-0.1, -0.05) is 0 Å². The van der Waals surface area contributed by atoms with Crippen LogP contribution in [0.4, 0.5) is 0 Å². The third-order valence-electron chi connectivity index (χ3n) is 4.05. The van der Waals surface area contributed by atoms with Crippen LogP contribution in [-0.4, -0.2) is 54.2 Å². The maximum absolute atomic E-state index is 11.4. The van der Waals surface area contributed by atoms with Gasteiger partial charge in [0.1, 0.15) is 5.78 Å². The summed E-state index contributed by atoms with van der Waals surface area (Å²) in [5, 5.41) is 10.4. The summed E-state index contributed by atoms with van der Waals surface area (Å²) in [5.74, 6) is 0.368. The molecule has 1 aliphatic carbocycles. The van der Waals surface area contributed by atoms with E-state index in [9.17, 15) is 9.90 Å². The monoisotopic (exact) mass is 241 g/mol. The number of hydrogen-bond donors (Lipinski definition) is 1. The van der Waals surface area contributed by atoms with Crippen LogP contribution in [0, 0.1) is 0 Å². The molecule has 2 rings (SSSR count). The Labute approximate surface area is 103 Å². The van der Waals surface area contributed by atoms with Crippen molar-refractivity contribution in [1.82, 2.24) is 4.90 Å². The van der Waals surface area contributed by atoms with Crippen molar-refractivity contribution in [3.8, 4) is 0 Å². The first kappa shape index (κ1) is 13.0. The van der Waals surface area contributed by atoms with E-state index in [0.29, 0.717) is 50.8 Å². The van der Waals surface area contributed by atoms with Crippen molar-refractivity contribution in [2.24, 2.45) is 0 Å². The summed E-state index contributed by atoms with van der Waals surface area (Å²) in [6.45, 7) is 1.95. The van der Waals surface area contributed by atoms with Gasteiger partial charge in [0.25, 0.3) is 0 Å².